The highest BCUT2D eigenvalue weighted by Gasteiger charge is 2.16. The molecule has 2 nitrogen and oxygen atoms in total. The molecular weight excluding hydrogens is 203 g/mol. The van der Waals surface area contributed by atoms with Gasteiger partial charge in [0.15, 0.2) is 6.17 Å². The molecule has 0 N–H and O–H groups in total. The number of hydrogen-bond acceptors (Lipinski definition) is 2. The third kappa shape index (κ3) is 1.50. The summed E-state index contributed by atoms with van der Waals surface area (Å²) in [4.78, 5) is 8.50. The second-order valence-corrected chi connectivity index (χ2v) is 3.72. The number of rotatable bonds is 1. The molecule has 0 aromatic heterocycles. The summed E-state index contributed by atoms with van der Waals surface area (Å²) in [5.74, 6) is -0.224. The molecule has 0 unspecified atom stereocenters. The van der Waals surface area contributed by atoms with E-state index in [-0.39, 0.29) is 12.0 Å². The highest BCUT2D eigenvalue weighted by molar-refractivity contribution is 6.12. The quantitative estimate of drug-likeness (QED) is 0.683. The maximum Gasteiger partial charge on any atom is 0.165 e. The van der Waals surface area contributed by atoms with Crippen molar-refractivity contribution in [3.8, 4) is 0 Å². The molecular formula is C13H9FN2. The molecule has 2 aliphatic rings. The minimum Gasteiger partial charge on any atom is -0.262 e. The van der Waals surface area contributed by atoms with Gasteiger partial charge in [0.2, 0.25) is 0 Å². The Morgan fingerprint density at radius 3 is 2.69 bits per heavy atom. The Bertz CT molecular complexity index is 536. The van der Waals surface area contributed by atoms with Gasteiger partial charge in [-0.25, -0.2) is 4.39 Å². The van der Waals surface area contributed by atoms with E-state index in [9.17, 15) is 4.39 Å². The van der Waals surface area contributed by atoms with E-state index < -0.39 is 0 Å². The molecule has 0 fully saturated rings. The molecule has 0 spiro atoms. The Morgan fingerprint density at radius 1 is 1.06 bits per heavy atom. The number of benzene rings is 1. The average molecular weight is 212 g/mol. The number of aliphatic imine (C=N–C) groups is 2. The summed E-state index contributed by atoms with van der Waals surface area (Å²) in [6.45, 7) is 0. The molecule has 0 amide bonds. The molecule has 78 valence electrons. The molecule has 3 rings (SSSR count). The first-order valence-corrected chi connectivity index (χ1v) is 5.07. The molecule has 0 bridgehead atoms. The van der Waals surface area contributed by atoms with Gasteiger partial charge in [0.1, 0.15) is 5.82 Å². The standard InChI is InChI=1S/C13H9FN2/c14-12-3-1-9(2-4-12)11-7-10-5-6-15-13(10)16-8-11/h1-8,13H/t13-/m0/s1. The lowest BCUT2D eigenvalue weighted by atomic mass is 10.0. The molecule has 1 aromatic rings. The van der Waals surface area contributed by atoms with E-state index in [1.165, 1.54) is 12.1 Å². The summed E-state index contributed by atoms with van der Waals surface area (Å²) in [5.41, 5.74) is 3.05. The number of allylic oxidation sites excluding steroid dienone is 2. The predicted octanol–water partition coefficient (Wildman–Crippen LogP) is 2.63. The van der Waals surface area contributed by atoms with Crippen LogP contribution in [0.15, 0.2) is 52.0 Å². The highest BCUT2D eigenvalue weighted by Crippen LogP contribution is 2.24. The Hall–Kier alpha value is -2.03. The number of dihydropyridines is 1. The summed E-state index contributed by atoms with van der Waals surface area (Å²) >= 11 is 0. The van der Waals surface area contributed by atoms with Gasteiger partial charge in [-0.15, -0.1) is 0 Å². The third-order valence-electron chi connectivity index (χ3n) is 2.65. The number of nitrogens with zero attached hydrogens (tertiary/aromatic N) is 2. The molecule has 0 saturated heterocycles. The molecule has 2 heterocycles. The Morgan fingerprint density at radius 2 is 1.88 bits per heavy atom. The summed E-state index contributed by atoms with van der Waals surface area (Å²) < 4.78 is 12.8. The molecule has 0 saturated carbocycles. The van der Waals surface area contributed by atoms with Crippen molar-refractivity contribution in [2.75, 3.05) is 0 Å². The van der Waals surface area contributed by atoms with Crippen molar-refractivity contribution >= 4 is 18.0 Å². The van der Waals surface area contributed by atoms with Gasteiger partial charge < -0.3 is 0 Å². The van der Waals surface area contributed by atoms with Crippen LogP contribution in [0.5, 0.6) is 0 Å². The van der Waals surface area contributed by atoms with Crippen LogP contribution in [0, 0.1) is 5.82 Å². The first-order chi connectivity index (χ1) is 7.83. The van der Waals surface area contributed by atoms with Crippen LogP contribution in [0.3, 0.4) is 0 Å². The Balaban J connectivity index is 1.97. The predicted molar refractivity (Wildman–Crippen MR) is 63.2 cm³/mol. The van der Waals surface area contributed by atoms with Crippen LogP contribution in [0.25, 0.3) is 5.57 Å². The fourth-order valence-corrected chi connectivity index (χ4v) is 1.80. The summed E-state index contributed by atoms with van der Waals surface area (Å²) in [6, 6.07) is 6.42. The van der Waals surface area contributed by atoms with Crippen LogP contribution < -0.4 is 0 Å². The molecule has 0 aliphatic carbocycles. The van der Waals surface area contributed by atoms with E-state index in [1.807, 2.05) is 12.2 Å². The topological polar surface area (TPSA) is 24.7 Å². The van der Waals surface area contributed by atoms with E-state index in [0.29, 0.717) is 0 Å². The van der Waals surface area contributed by atoms with Crippen molar-refractivity contribution in [1.82, 2.24) is 0 Å². The average Bonchev–Trinajstić information content (AvgIpc) is 2.77. The van der Waals surface area contributed by atoms with E-state index in [4.69, 9.17) is 0 Å². The minimum atomic E-state index is -0.224. The zero-order valence-corrected chi connectivity index (χ0v) is 8.47. The summed E-state index contributed by atoms with van der Waals surface area (Å²) in [7, 11) is 0. The lowest BCUT2D eigenvalue weighted by Gasteiger charge is -2.12. The van der Waals surface area contributed by atoms with E-state index >= 15 is 0 Å². The van der Waals surface area contributed by atoms with Crippen LogP contribution in [0.4, 0.5) is 4.39 Å². The number of hydrogen-bond donors (Lipinski definition) is 0. The van der Waals surface area contributed by atoms with Gasteiger partial charge in [0.05, 0.1) is 0 Å². The van der Waals surface area contributed by atoms with Gasteiger partial charge in [-0.1, -0.05) is 12.1 Å². The van der Waals surface area contributed by atoms with Crippen LogP contribution in [-0.4, -0.2) is 18.6 Å². The van der Waals surface area contributed by atoms with E-state index in [0.717, 1.165) is 16.7 Å². The molecule has 3 heteroatoms. The first-order valence-electron chi connectivity index (χ1n) is 5.07. The van der Waals surface area contributed by atoms with Gasteiger partial charge in [-0.05, 0) is 29.8 Å². The van der Waals surface area contributed by atoms with Gasteiger partial charge in [-0.2, -0.15) is 0 Å². The highest BCUT2D eigenvalue weighted by atomic mass is 19.1. The normalized spacial score (nSPS) is 21.7. The van der Waals surface area contributed by atoms with Gasteiger partial charge >= 0.3 is 0 Å². The van der Waals surface area contributed by atoms with Gasteiger partial charge in [0, 0.05) is 23.6 Å². The largest absolute Gasteiger partial charge is 0.262 e. The maximum absolute atomic E-state index is 12.8. The monoisotopic (exact) mass is 212 g/mol. The maximum atomic E-state index is 12.8. The Kier molecular flexibility index (Phi) is 2.03. The number of halogens is 1. The Labute approximate surface area is 92.6 Å². The van der Waals surface area contributed by atoms with Gasteiger partial charge in [-0.3, -0.25) is 9.98 Å². The summed E-state index contributed by atoms with van der Waals surface area (Å²) in [5, 5.41) is 0. The van der Waals surface area contributed by atoms with Crippen molar-refractivity contribution in [1.29, 1.82) is 0 Å². The van der Waals surface area contributed by atoms with Gasteiger partial charge in [0.25, 0.3) is 0 Å². The van der Waals surface area contributed by atoms with E-state index in [1.54, 1.807) is 24.6 Å². The summed E-state index contributed by atoms with van der Waals surface area (Å²) in [6.07, 6.45) is 7.48. The molecule has 2 aliphatic heterocycles. The van der Waals surface area contributed by atoms with Crippen molar-refractivity contribution in [2.45, 2.75) is 6.17 Å². The van der Waals surface area contributed by atoms with Crippen molar-refractivity contribution < 1.29 is 4.39 Å². The van der Waals surface area contributed by atoms with Crippen LogP contribution in [0.2, 0.25) is 0 Å². The lowest BCUT2D eigenvalue weighted by molar-refractivity contribution is 0.627. The SMILES string of the molecule is Fc1ccc(C2=CC3=CC=N[C@H]3N=C2)cc1. The van der Waals surface area contributed by atoms with Crippen molar-refractivity contribution in [2.24, 2.45) is 9.98 Å². The second kappa shape index (κ2) is 3.52. The molecule has 0 radical (unpaired) electrons. The zero-order chi connectivity index (χ0) is 11.0. The van der Waals surface area contributed by atoms with Crippen molar-refractivity contribution in [3.63, 3.8) is 0 Å². The van der Waals surface area contributed by atoms with Crippen LogP contribution in [0.1, 0.15) is 5.56 Å². The van der Waals surface area contributed by atoms with Crippen LogP contribution >= 0.6 is 0 Å². The first kappa shape index (κ1) is 9.21. The van der Waals surface area contributed by atoms with Crippen LogP contribution in [-0.2, 0) is 0 Å². The second-order valence-electron chi connectivity index (χ2n) is 3.72. The fourth-order valence-electron chi connectivity index (χ4n) is 1.80. The molecule has 1 atom stereocenters. The lowest BCUT2D eigenvalue weighted by Crippen LogP contribution is -2.06. The third-order valence-corrected chi connectivity index (χ3v) is 2.65. The molecule has 16 heavy (non-hydrogen) atoms. The zero-order valence-electron chi connectivity index (χ0n) is 8.47. The van der Waals surface area contributed by atoms with Crippen molar-refractivity contribution in [3.05, 3.63) is 53.4 Å². The number of fused-ring (bicyclic) bond motifs is 1. The fraction of sp³-hybridized carbons (Fsp3) is 0.0769. The minimum absolute atomic E-state index is 0.0656. The molecule has 1 aromatic carbocycles. The smallest absolute Gasteiger partial charge is 0.165 e. The van der Waals surface area contributed by atoms with E-state index in [2.05, 4.69) is 9.98 Å².